The second kappa shape index (κ2) is 4.63. The number of fused-ring (bicyclic) bond motifs is 1. The zero-order valence-electron chi connectivity index (χ0n) is 8.41. The molecule has 3 aromatic rings. The number of hydrogen-bond donors (Lipinski definition) is 0. The molecule has 0 aliphatic heterocycles. The van der Waals surface area contributed by atoms with E-state index < -0.39 is 0 Å². The number of hydrogen-bond acceptors (Lipinski definition) is 1. The number of imidazole rings is 1. The maximum absolute atomic E-state index is 4.40. The van der Waals surface area contributed by atoms with Gasteiger partial charge in [-0.25, -0.2) is 0 Å². The Labute approximate surface area is 108 Å². The smallest absolute Gasteiger partial charge is 0.0883 e. The molecular formula is C13H9N2Pt-. The van der Waals surface area contributed by atoms with Crippen LogP contribution < -0.4 is 0 Å². The molecule has 0 radical (unpaired) electrons. The van der Waals surface area contributed by atoms with Crippen molar-refractivity contribution in [3.63, 3.8) is 0 Å². The Morgan fingerprint density at radius 2 is 1.94 bits per heavy atom. The van der Waals surface area contributed by atoms with Crippen LogP contribution in [0, 0.1) is 6.07 Å². The molecule has 2 heterocycles. The molecule has 0 saturated heterocycles. The summed E-state index contributed by atoms with van der Waals surface area (Å²) >= 11 is 0. The van der Waals surface area contributed by atoms with Crippen molar-refractivity contribution in [1.29, 1.82) is 0 Å². The minimum Gasteiger partial charge on any atom is -0.315 e. The Morgan fingerprint density at radius 1 is 1.06 bits per heavy atom. The molecule has 2 aromatic heterocycles. The van der Waals surface area contributed by atoms with E-state index in [0.29, 0.717) is 0 Å². The molecule has 0 atom stereocenters. The van der Waals surface area contributed by atoms with Crippen molar-refractivity contribution in [1.82, 2.24) is 9.38 Å². The minimum absolute atomic E-state index is 0. The third-order valence-electron chi connectivity index (χ3n) is 2.41. The summed E-state index contributed by atoms with van der Waals surface area (Å²) < 4.78 is 2.01. The van der Waals surface area contributed by atoms with Crippen LogP contribution in [-0.2, 0) is 21.1 Å². The molecule has 0 unspecified atom stereocenters. The predicted molar refractivity (Wildman–Crippen MR) is 59.5 cm³/mol. The summed E-state index contributed by atoms with van der Waals surface area (Å²) in [4.78, 5) is 4.40. The molecule has 0 fully saturated rings. The van der Waals surface area contributed by atoms with Crippen LogP contribution in [0.4, 0.5) is 0 Å². The van der Waals surface area contributed by atoms with Crippen molar-refractivity contribution >= 4 is 5.52 Å². The maximum atomic E-state index is 4.40. The average Bonchev–Trinajstić information content (AvgIpc) is 2.74. The van der Waals surface area contributed by atoms with Crippen molar-refractivity contribution in [2.24, 2.45) is 0 Å². The Kier molecular flexibility index (Phi) is 3.21. The van der Waals surface area contributed by atoms with Crippen molar-refractivity contribution in [3.05, 3.63) is 61.1 Å². The molecule has 0 bridgehead atoms. The van der Waals surface area contributed by atoms with Gasteiger partial charge in [0.05, 0.1) is 6.33 Å². The van der Waals surface area contributed by atoms with E-state index in [9.17, 15) is 0 Å². The van der Waals surface area contributed by atoms with E-state index in [2.05, 4.69) is 17.1 Å². The summed E-state index contributed by atoms with van der Waals surface area (Å²) in [5.41, 5.74) is 3.13. The van der Waals surface area contributed by atoms with Crippen LogP contribution in [0.25, 0.3) is 16.8 Å². The van der Waals surface area contributed by atoms with E-state index in [4.69, 9.17) is 0 Å². The number of aromatic nitrogens is 2. The summed E-state index contributed by atoms with van der Waals surface area (Å²) in [6, 6.07) is 17.1. The molecule has 0 saturated carbocycles. The largest absolute Gasteiger partial charge is 0.315 e. The van der Waals surface area contributed by atoms with E-state index >= 15 is 0 Å². The van der Waals surface area contributed by atoms with Gasteiger partial charge in [0.15, 0.2) is 0 Å². The van der Waals surface area contributed by atoms with Gasteiger partial charge >= 0.3 is 0 Å². The molecule has 0 N–H and O–H groups in total. The molecule has 1 aromatic carbocycles. The van der Waals surface area contributed by atoms with Crippen LogP contribution in [0.3, 0.4) is 0 Å². The zero-order valence-corrected chi connectivity index (χ0v) is 10.7. The first-order valence-corrected chi connectivity index (χ1v) is 4.84. The number of pyridine rings is 1. The fourth-order valence-electron chi connectivity index (χ4n) is 1.69. The van der Waals surface area contributed by atoms with Crippen LogP contribution in [-0.4, -0.2) is 9.38 Å². The molecule has 0 amide bonds. The molecule has 0 spiro atoms. The fraction of sp³-hybridized carbons (Fsp3) is 0. The first-order chi connectivity index (χ1) is 7.45. The van der Waals surface area contributed by atoms with Gasteiger partial charge in [0.2, 0.25) is 0 Å². The molecule has 0 aliphatic carbocycles. The molecule has 3 rings (SSSR count). The van der Waals surface area contributed by atoms with Crippen LogP contribution in [0.2, 0.25) is 0 Å². The first kappa shape index (κ1) is 11.1. The van der Waals surface area contributed by atoms with Gasteiger partial charge in [-0.3, -0.25) is 4.98 Å². The summed E-state index contributed by atoms with van der Waals surface area (Å²) in [5, 5.41) is 0. The van der Waals surface area contributed by atoms with Crippen molar-refractivity contribution < 1.29 is 21.1 Å². The van der Waals surface area contributed by atoms with Gasteiger partial charge in [0, 0.05) is 38.5 Å². The second-order valence-corrected chi connectivity index (χ2v) is 3.36. The summed E-state index contributed by atoms with van der Waals surface area (Å²) in [6.45, 7) is 0. The van der Waals surface area contributed by atoms with E-state index in [0.717, 1.165) is 16.8 Å². The van der Waals surface area contributed by atoms with Gasteiger partial charge in [-0.15, -0.1) is 35.9 Å². The van der Waals surface area contributed by atoms with Gasteiger partial charge in [-0.05, 0) is 12.1 Å². The second-order valence-electron chi connectivity index (χ2n) is 3.36. The fourth-order valence-corrected chi connectivity index (χ4v) is 1.69. The minimum atomic E-state index is 0. The third kappa shape index (κ3) is 1.81. The van der Waals surface area contributed by atoms with Crippen molar-refractivity contribution in [3.8, 4) is 11.3 Å². The number of rotatable bonds is 1. The van der Waals surface area contributed by atoms with Crippen LogP contribution >= 0.6 is 0 Å². The summed E-state index contributed by atoms with van der Waals surface area (Å²) in [6.07, 6.45) is 3.82. The first-order valence-electron chi connectivity index (χ1n) is 4.84. The van der Waals surface area contributed by atoms with Crippen molar-refractivity contribution in [2.75, 3.05) is 0 Å². The van der Waals surface area contributed by atoms with Gasteiger partial charge in [-0.1, -0.05) is 6.07 Å². The molecule has 0 aliphatic rings. The molecule has 2 nitrogen and oxygen atoms in total. The van der Waals surface area contributed by atoms with Crippen molar-refractivity contribution in [2.45, 2.75) is 0 Å². The topological polar surface area (TPSA) is 17.3 Å². The SMILES string of the molecule is [Pt].[c-]1ccccc1-c1ncn2ccccc12. The van der Waals surface area contributed by atoms with Gasteiger partial charge < -0.3 is 4.40 Å². The number of nitrogens with zero attached hydrogens (tertiary/aromatic N) is 2. The summed E-state index contributed by atoms with van der Waals surface area (Å²) in [7, 11) is 0. The quantitative estimate of drug-likeness (QED) is 0.586. The Morgan fingerprint density at radius 3 is 2.75 bits per heavy atom. The monoisotopic (exact) mass is 388 g/mol. The van der Waals surface area contributed by atoms with Crippen LogP contribution in [0.1, 0.15) is 0 Å². The van der Waals surface area contributed by atoms with Gasteiger partial charge in [0.1, 0.15) is 0 Å². The maximum Gasteiger partial charge on any atom is 0.0883 e. The molecular weight excluding hydrogens is 379 g/mol. The van der Waals surface area contributed by atoms with Crippen LogP contribution in [0.5, 0.6) is 0 Å². The Balaban J connectivity index is 0.000000963. The Hall–Kier alpha value is -1.40. The standard InChI is InChI=1S/C13H9N2.Pt/c1-2-6-11(7-3-1)13-12-8-4-5-9-15(12)10-14-13;/h1-6,8-10H;/q-1;. The Bertz CT molecular complexity index is 587. The van der Waals surface area contributed by atoms with E-state index in [1.807, 2.05) is 53.3 Å². The molecule has 82 valence electrons. The van der Waals surface area contributed by atoms with Crippen LogP contribution in [0.15, 0.2) is 55.0 Å². The predicted octanol–water partition coefficient (Wildman–Crippen LogP) is 2.80. The van der Waals surface area contributed by atoms with Gasteiger partial charge in [-0.2, -0.15) is 0 Å². The third-order valence-corrected chi connectivity index (χ3v) is 2.41. The normalized spacial score (nSPS) is 10.0. The van der Waals surface area contributed by atoms with E-state index in [1.54, 1.807) is 0 Å². The molecule has 16 heavy (non-hydrogen) atoms. The van der Waals surface area contributed by atoms with E-state index in [1.165, 1.54) is 0 Å². The van der Waals surface area contributed by atoms with Gasteiger partial charge in [0.25, 0.3) is 0 Å². The average molecular weight is 388 g/mol. The molecule has 3 heteroatoms. The summed E-state index contributed by atoms with van der Waals surface area (Å²) in [5.74, 6) is 0. The number of benzene rings is 1. The zero-order chi connectivity index (χ0) is 10.1. The van der Waals surface area contributed by atoms with E-state index in [-0.39, 0.29) is 21.1 Å².